The van der Waals surface area contributed by atoms with E-state index in [0.29, 0.717) is 26.7 Å². The van der Waals surface area contributed by atoms with Gasteiger partial charge in [-0.05, 0) is 39.0 Å². The summed E-state index contributed by atoms with van der Waals surface area (Å²) >= 11 is 13.1. The zero-order valence-corrected chi connectivity index (χ0v) is 17.8. The molecule has 146 valence electrons. The second-order valence-corrected chi connectivity index (χ2v) is 8.66. The average molecular weight is 430 g/mol. The number of nitrogens with one attached hydrogen (secondary N) is 2. The predicted octanol–water partition coefficient (Wildman–Crippen LogP) is 3.31. The number of carbonyl (C=O) groups is 2. The smallest absolute Gasteiger partial charge is 0.232 e. The number of rotatable bonds is 6. The van der Waals surface area contributed by atoms with E-state index in [4.69, 9.17) is 23.2 Å². The summed E-state index contributed by atoms with van der Waals surface area (Å²) in [5.41, 5.74) is 0.260. The normalized spacial score (nSPS) is 11.3. The maximum Gasteiger partial charge on any atom is 0.232 e. The van der Waals surface area contributed by atoms with Crippen molar-refractivity contribution < 1.29 is 9.59 Å². The van der Waals surface area contributed by atoms with Crippen LogP contribution in [-0.2, 0) is 23.1 Å². The maximum atomic E-state index is 12.2. The van der Waals surface area contributed by atoms with Crippen molar-refractivity contribution in [2.75, 3.05) is 11.1 Å². The molecule has 2 amide bonds. The van der Waals surface area contributed by atoms with E-state index < -0.39 is 0 Å². The van der Waals surface area contributed by atoms with E-state index >= 15 is 0 Å². The first-order valence-electron chi connectivity index (χ1n) is 8.12. The second-order valence-electron chi connectivity index (χ2n) is 6.90. The Hall–Kier alpha value is -1.77. The molecule has 0 unspecified atom stereocenters. The van der Waals surface area contributed by atoms with E-state index in [0.717, 1.165) is 0 Å². The van der Waals surface area contributed by atoms with Gasteiger partial charge in [-0.25, -0.2) is 0 Å². The lowest BCUT2D eigenvalue weighted by Gasteiger charge is -2.20. The molecule has 0 aliphatic carbocycles. The molecule has 0 fully saturated rings. The summed E-state index contributed by atoms with van der Waals surface area (Å²) in [6.45, 7) is 5.76. The quantitative estimate of drug-likeness (QED) is 0.687. The van der Waals surface area contributed by atoms with Gasteiger partial charge in [-0.15, -0.1) is 10.2 Å². The van der Waals surface area contributed by atoms with Crippen molar-refractivity contribution in [1.29, 1.82) is 0 Å². The highest BCUT2D eigenvalue weighted by molar-refractivity contribution is 7.99. The fraction of sp³-hybridized carbons (Fsp3) is 0.412. The summed E-state index contributed by atoms with van der Waals surface area (Å²) in [6.07, 6.45) is 0.0402. The number of thioether (sulfide) groups is 1. The van der Waals surface area contributed by atoms with Crippen LogP contribution in [0.4, 0.5) is 5.69 Å². The van der Waals surface area contributed by atoms with Gasteiger partial charge in [-0.1, -0.05) is 35.0 Å². The van der Waals surface area contributed by atoms with E-state index in [2.05, 4.69) is 20.8 Å². The summed E-state index contributed by atoms with van der Waals surface area (Å²) in [5.74, 6) is 0.366. The Kier molecular flexibility index (Phi) is 7.13. The van der Waals surface area contributed by atoms with Crippen LogP contribution in [0.3, 0.4) is 0 Å². The number of amides is 2. The Balaban J connectivity index is 1.93. The average Bonchev–Trinajstić information content (AvgIpc) is 2.88. The zero-order valence-electron chi connectivity index (χ0n) is 15.5. The third-order valence-electron chi connectivity index (χ3n) is 3.29. The van der Waals surface area contributed by atoms with Gasteiger partial charge < -0.3 is 15.2 Å². The molecule has 2 rings (SSSR count). The largest absolute Gasteiger partial charge is 0.351 e. The molecule has 1 aromatic heterocycles. The van der Waals surface area contributed by atoms with E-state index in [1.165, 1.54) is 11.8 Å². The number of anilines is 1. The Morgan fingerprint density at radius 3 is 2.48 bits per heavy atom. The van der Waals surface area contributed by atoms with Gasteiger partial charge in [-0.3, -0.25) is 9.59 Å². The van der Waals surface area contributed by atoms with E-state index in [1.54, 1.807) is 29.8 Å². The Bertz CT molecular complexity index is 848. The van der Waals surface area contributed by atoms with Crippen molar-refractivity contribution >= 4 is 52.5 Å². The molecular weight excluding hydrogens is 409 g/mol. The number of benzene rings is 1. The van der Waals surface area contributed by atoms with E-state index in [1.807, 2.05) is 20.8 Å². The summed E-state index contributed by atoms with van der Waals surface area (Å²) in [6, 6.07) is 4.85. The van der Waals surface area contributed by atoms with Gasteiger partial charge in [0.2, 0.25) is 11.8 Å². The van der Waals surface area contributed by atoms with Gasteiger partial charge in [0, 0.05) is 18.3 Å². The van der Waals surface area contributed by atoms with Gasteiger partial charge >= 0.3 is 0 Å². The van der Waals surface area contributed by atoms with Crippen LogP contribution < -0.4 is 10.6 Å². The molecule has 0 saturated carbocycles. The summed E-state index contributed by atoms with van der Waals surface area (Å²) in [4.78, 5) is 24.1. The first kappa shape index (κ1) is 21.5. The molecule has 1 aromatic carbocycles. The molecule has 0 atom stereocenters. The van der Waals surface area contributed by atoms with Crippen LogP contribution in [0.5, 0.6) is 0 Å². The van der Waals surface area contributed by atoms with Crippen LogP contribution in [-0.4, -0.2) is 37.9 Å². The maximum absolute atomic E-state index is 12.2. The summed E-state index contributed by atoms with van der Waals surface area (Å²) in [5, 5.41) is 15.0. The lowest BCUT2D eigenvalue weighted by molar-refractivity contribution is -0.120. The Morgan fingerprint density at radius 2 is 1.85 bits per heavy atom. The van der Waals surface area contributed by atoms with Crippen LogP contribution in [0.2, 0.25) is 10.0 Å². The van der Waals surface area contributed by atoms with Crippen molar-refractivity contribution in [2.24, 2.45) is 7.05 Å². The third kappa shape index (κ3) is 6.71. The van der Waals surface area contributed by atoms with Gasteiger partial charge in [0.25, 0.3) is 0 Å². The second kappa shape index (κ2) is 8.95. The fourth-order valence-electron chi connectivity index (χ4n) is 2.13. The lowest BCUT2D eigenvalue weighted by atomic mass is 10.1. The molecular formula is C17H21Cl2N5O2S. The number of nitrogens with zero attached hydrogens (tertiary/aromatic N) is 3. The fourth-order valence-corrected chi connectivity index (χ4v) is 3.16. The van der Waals surface area contributed by atoms with Crippen molar-refractivity contribution in [1.82, 2.24) is 20.1 Å². The molecule has 2 aromatic rings. The summed E-state index contributed by atoms with van der Waals surface area (Å²) < 4.78 is 1.70. The summed E-state index contributed by atoms with van der Waals surface area (Å²) in [7, 11) is 1.76. The molecule has 0 spiro atoms. The van der Waals surface area contributed by atoms with Gasteiger partial charge in [-0.2, -0.15) is 0 Å². The lowest BCUT2D eigenvalue weighted by Crippen LogP contribution is -2.41. The first-order chi connectivity index (χ1) is 12.5. The van der Waals surface area contributed by atoms with Crippen molar-refractivity contribution in [3.63, 3.8) is 0 Å². The van der Waals surface area contributed by atoms with Crippen molar-refractivity contribution in [2.45, 2.75) is 37.9 Å². The van der Waals surface area contributed by atoms with Crippen LogP contribution in [0.25, 0.3) is 0 Å². The van der Waals surface area contributed by atoms with Crippen molar-refractivity contribution in [3.8, 4) is 0 Å². The Morgan fingerprint density at radius 1 is 1.15 bits per heavy atom. The molecule has 10 heteroatoms. The third-order valence-corrected chi connectivity index (χ3v) is 5.05. The topological polar surface area (TPSA) is 88.9 Å². The molecule has 0 saturated heterocycles. The molecule has 27 heavy (non-hydrogen) atoms. The molecule has 7 nitrogen and oxygen atoms in total. The number of halogens is 2. The standard InChI is InChI=1S/C17H21Cl2N5O2S/c1-17(2,3)21-15(26)9-27-16-23-22-13(24(16)4)8-14(25)20-10-5-6-11(18)12(19)7-10/h5-7H,8-9H2,1-4H3,(H,20,25)(H,21,26). The molecule has 0 radical (unpaired) electrons. The van der Waals surface area contributed by atoms with Crippen LogP contribution in [0.1, 0.15) is 26.6 Å². The number of carbonyl (C=O) groups excluding carboxylic acids is 2. The molecule has 0 bridgehead atoms. The molecule has 0 aliphatic heterocycles. The van der Waals surface area contributed by atoms with Gasteiger partial charge in [0.1, 0.15) is 5.82 Å². The van der Waals surface area contributed by atoms with Crippen LogP contribution in [0.15, 0.2) is 23.4 Å². The van der Waals surface area contributed by atoms with E-state index in [-0.39, 0.29) is 29.5 Å². The minimum absolute atomic E-state index is 0.0402. The highest BCUT2D eigenvalue weighted by Gasteiger charge is 2.17. The highest BCUT2D eigenvalue weighted by atomic mass is 35.5. The molecule has 0 aliphatic rings. The number of hydrogen-bond acceptors (Lipinski definition) is 5. The van der Waals surface area contributed by atoms with E-state index in [9.17, 15) is 9.59 Å². The predicted molar refractivity (Wildman–Crippen MR) is 108 cm³/mol. The highest BCUT2D eigenvalue weighted by Crippen LogP contribution is 2.25. The van der Waals surface area contributed by atoms with Crippen molar-refractivity contribution in [3.05, 3.63) is 34.1 Å². The van der Waals surface area contributed by atoms with Gasteiger partial charge in [0.15, 0.2) is 5.16 Å². The number of hydrogen-bond donors (Lipinski definition) is 2. The molecule has 1 heterocycles. The minimum atomic E-state index is -0.286. The van der Waals surface area contributed by atoms with Crippen LogP contribution >= 0.6 is 35.0 Å². The SMILES string of the molecule is Cn1c(CC(=O)Nc2ccc(Cl)c(Cl)c2)nnc1SCC(=O)NC(C)(C)C. The van der Waals surface area contributed by atoms with Gasteiger partial charge in [0.05, 0.1) is 22.2 Å². The monoisotopic (exact) mass is 429 g/mol. The van der Waals surface area contributed by atoms with Crippen LogP contribution in [0, 0.1) is 0 Å². The zero-order chi connectivity index (χ0) is 20.2. The minimum Gasteiger partial charge on any atom is -0.351 e. The number of aromatic nitrogens is 3. The first-order valence-corrected chi connectivity index (χ1v) is 9.86. The Labute approximate surface area is 172 Å². The molecule has 2 N–H and O–H groups in total.